The number of aryl methyl sites for hydroxylation is 1. The molecule has 1 aliphatic heterocycles. The van der Waals surface area contributed by atoms with Gasteiger partial charge in [0.05, 0.1) is 17.5 Å². The summed E-state index contributed by atoms with van der Waals surface area (Å²) in [5, 5.41) is 13.0. The molecule has 3 heterocycles. The molecule has 3 aromatic rings. The molecule has 0 saturated heterocycles. The van der Waals surface area contributed by atoms with E-state index in [0.29, 0.717) is 30.2 Å². The van der Waals surface area contributed by atoms with Gasteiger partial charge < -0.3 is 15.0 Å². The molecule has 120 valence electrons. The molecule has 1 amide bonds. The Balaban J connectivity index is 1.64. The van der Waals surface area contributed by atoms with Crippen molar-refractivity contribution in [2.24, 2.45) is 0 Å². The molecule has 0 bridgehead atoms. The van der Waals surface area contributed by atoms with Crippen molar-refractivity contribution in [3.8, 4) is 0 Å². The first kappa shape index (κ1) is 14.4. The summed E-state index contributed by atoms with van der Waals surface area (Å²) in [6.07, 6.45) is 3.45. The summed E-state index contributed by atoms with van der Waals surface area (Å²) < 4.78 is 2.04. The number of anilines is 1. The van der Waals surface area contributed by atoms with Crippen LogP contribution in [0.4, 0.5) is 5.82 Å². The minimum absolute atomic E-state index is 0.0408. The third-order valence-corrected chi connectivity index (χ3v) is 4.03. The van der Waals surface area contributed by atoms with E-state index in [2.05, 4.69) is 20.3 Å². The number of benzene rings is 1. The molecule has 1 aliphatic rings. The van der Waals surface area contributed by atoms with Gasteiger partial charge in [-0.1, -0.05) is 12.1 Å². The highest BCUT2D eigenvalue weighted by Gasteiger charge is 2.24. The smallest absolute Gasteiger partial charge is 0.230 e. The lowest BCUT2D eigenvalue weighted by Crippen LogP contribution is -2.18. The van der Waals surface area contributed by atoms with E-state index in [4.69, 9.17) is 0 Å². The third kappa shape index (κ3) is 2.50. The molecule has 2 aromatic heterocycles. The Labute approximate surface area is 137 Å². The number of aromatic nitrogens is 4. The molecule has 1 aromatic carbocycles. The Morgan fingerprint density at radius 3 is 3.00 bits per heavy atom. The van der Waals surface area contributed by atoms with Crippen molar-refractivity contribution >= 4 is 28.3 Å². The zero-order valence-electron chi connectivity index (χ0n) is 12.8. The van der Waals surface area contributed by atoms with Gasteiger partial charge in [0.2, 0.25) is 5.91 Å². The van der Waals surface area contributed by atoms with E-state index in [1.807, 2.05) is 28.8 Å². The highest BCUT2D eigenvalue weighted by Crippen LogP contribution is 2.31. The first-order valence-corrected chi connectivity index (χ1v) is 7.65. The number of hydrogen-bond donors (Lipinski definition) is 2. The predicted octanol–water partition coefficient (Wildman–Crippen LogP) is 2.53. The van der Waals surface area contributed by atoms with Crippen LogP contribution in [0.3, 0.4) is 0 Å². The van der Waals surface area contributed by atoms with E-state index in [1.165, 1.54) is 6.33 Å². The molecule has 0 atom stereocenters. The number of para-hydroxylation sites is 2. The molecule has 7 heteroatoms. The van der Waals surface area contributed by atoms with Gasteiger partial charge in [0.25, 0.3) is 0 Å². The molecule has 4 rings (SSSR count). The second-order valence-electron chi connectivity index (χ2n) is 5.57. The summed E-state index contributed by atoms with van der Waals surface area (Å²) in [7, 11) is 0. The second kappa shape index (κ2) is 5.77. The van der Waals surface area contributed by atoms with Gasteiger partial charge in [-0.05, 0) is 18.2 Å². The molecule has 0 spiro atoms. The molecular formula is C17H15N5O2. The number of nitrogens with zero attached hydrogens (tertiary/aromatic N) is 4. The van der Waals surface area contributed by atoms with Crippen LogP contribution in [0.25, 0.3) is 16.6 Å². The maximum absolute atomic E-state index is 12.3. The number of nitrogens with one attached hydrogen (secondary N) is 1. The van der Waals surface area contributed by atoms with Gasteiger partial charge in [0.1, 0.15) is 23.7 Å². The first-order valence-electron chi connectivity index (χ1n) is 7.65. The number of hydrogen-bond acceptors (Lipinski definition) is 5. The summed E-state index contributed by atoms with van der Waals surface area (Å²) >= 11 is 0. The lowest BCUT2D eigenvalue weighted by molar-refractivity contribution is -0.115. The molecule has 0 unspecified atom stereocenters. The van der Waals surface area contributed by atoms with E-state index >= 15 is 0 Å². The normalized spacial score (nSPS) is 13.8. The average molecular weight is 321 g/mol. The topological polar surface area (TPSA) is 92.9 Å². The van der Waals surface area contributed by atoms with E-state index in [0.717, 1.165) is 11.0 Å². The third-order valence-electron chi connectivity index (χ3n) is 4.03. The zero-order chi connectivity index (χ0) is 16.5. The number of imidazole rings is 1. The van der Waals surface area contributed by atoms with E-state index < -0.39 is 0 Å². The number of fused-ring (bicyclic) bond motifs is 3. The Morgan fingerprint density at radius 2 is 2.17 bits per heavy atom. The molecule has 0 saturated carbocycles. The van der Waals surface area contributed by atoms with Gasteiger partial charge in [-0.25, -0.2) is 15.0 Å². The van der Waals surface area contributed by atoms with Crippen LogP contribution in [0.1, 0.15) is 18.7 Å². The van der Waals surface area contributed by atoms with Gasteiger partial charge >= 0.3 is 0 Å². The van der Waals surface area contributed by atoms with Crippen molar-refractivity contribution in [3.63, 3.8) is 0 Å². The van der Waals surface area contributed by atoms with Crippen molar-refractivity contribution in [1.29, 1.82) is 0 Å². The van der Waals surface area contributed by atoms with E-state index in [1.54, 1.807) is 12.3 Å². The molecule has 0 radical (unpaired) electrons. The molecule has 0 aliphatic carbocycles. The fourth-order valence-corrected chi connectivity index (χ4v) is 2.92. The van der Waals surface area contributed by atoms with Crippen molar-refractivity contribution in [1.82, 2.24) is 19.5 Å². The molecule has 7 nitrogen and oxygen atoms in total. The zero-order valence-corrected chi connectivity index (χ0v) is 12.8. The highest BCUT2D eigenvalue weighted by molar-refractivity contribution is 5.97. The first-order chi connectivity index (χ1) is 11.7. The SMILES string of the molecule is O=C(CC1=C(O)CCn2c1nc1ccccc12)Nc1ccncn1. The van der Waals surface area contributed by atoms with Gasteiger partial charge in [-0.2, -0.15) is 0 Å². The lowest BCUT2D eigenvalue weighted by atomic mass is 10.1. The summed E-state index contributed by atoms with van der Waals surface area (Å²) in [5.74, 6) is 1.04. The van der Waals surface area contributed by atoms with Crippen LogP contribution in [0.15, 0.2) is 48.6 Å². The quantitative estimate of drug-likeness (QED) is 0.773. The number of amides is 1. The van der Waals surface area contributed by atoms with E-state index in [-0.39, 0.29) is 18.1 Å². The fourth-order valence-electron chi connectivity index (χ4n) is 2.92. The van der Waals surface area contributed by atoms with Gasteiger partial charge in [-0.3, -0.25) is 4.79 Å². The lowest BCUT2D eigenvalue weighted by Gasteiger charge is -2.18. The minimum atomic E-state index is -0.254. The van der Waals surface area contributed by atoms with Gasteiger partial charge in [-0.15, -0.1) is 0 Å². The number of rotatable bonds is 3. The maximum Gasteiger partial charge on any atom is 0.230 e. The maximum atomic E-state index is 12.3. The monoisotopic (exact) mass is 321 g/mol. The number of aliphatic hydroxyl groups excluding tert-OH is 1. The standard InChI is InChI=1S/C17H15N5O2/c23-14-6-8-22-13-4-2-1-3-12(13)20-17(22)11(14)9-16(24)21-15-5-7-18-10-19-15/h1-5,7,10,23H,6,8-9H2,(H,18,19,21,24). The Morgan fingerprint density at radius 1 is 1.29 bits per heavy atom. The predicted molar refractivity (Wildman–Crippen MR) is 89.2 cm³/mol. The van der Waals surface area contributed by atoms with Crippen LogP contribution in [-0.2, 0) is 11.3 Å². The summed E-state index contributed by atoms with van der Waals surface area (Å²) in [4.78, 5) is 24.7. The number of carbonyl (C=O) groups excluding carboxylic acids is 1. The number of allylic oxidation sites excluding steroid dienone is 1. The van der Waals surface area contributed by atoms with Crippen LogP contribution >= 0.6 is 0 Å². The van der Waals surface area contributed by atoms with Crippen LogP contribution in [-0.4, -0.2) is 30.5 Å². The molecule has 24 heavy (non-hydrogen) atoms. The fraction of sp³-hybridized carbons (Fsp3) is 0.176. The van der Waals surface area contributed by atoms with E-state index in [9.17, 15) is 9.90 Å². The number of aliphatic hydroxyl groups is 1. The Hall–Kier alpha value is -3.22. The van der Waals surface area contributed by atoms with Crippen LogP contribution in [0.2, 0.25) is 0 Å². The van der Waals surface area contributed by atoms with Crippen LogP contribution in [0.5, 0.6) is 0 Å². The molecule has 2 N–H and O–H groups in total. The summed E-state index contributed by atoms with van der Waals surface area (Å²) in [6, 6.07) is 9.41. The van der Waals surface area contributed by atoms with Gasteiger partial charge in [0.15, 0.2) is 0 Å². The van der Waals surface area contributed by atoms with Crippen molar-refractivity contribution in [2.75, 3.05) is 5.32 Å². The Kier molecular flexibility index (Phi) is 3.45. The number of carbonyl (C=O) groups is 1. The average Bonchev–Trinajstić information content (AvgIpc) is 2.97. The van der Waals surface area contributed by atoms with Crippen molar-refractivity contribution in [3.05, 3.63) is 54.4 Å². The highest BCUT2D eigenvalue weighted by atomic mass is 16.3. The second-order valence-corrected chi connectivity index (χ2v) is 5.57. The molecular weight excluding hydrogens is 306 g/mol. The van der Waals surface area contributed by atoms with Crippen LogP contribution < -0.4 is 5.32 Å². The Bertz CT molecular complexity index is 946. The summed E-state index contributed by atoms with van der Waals surface area (Å²) in [6.45, 7) is 0.651. The van der Waals surface area contributed by atoms with Gasteiger partial charge in [0, 0.05) is 24.7 Å². The van der Waals surface area contributed by atoms with Crippen molar-refractivity contribution in [2.45, 2.75) is 19.4 Å². The largest absolute Gasteiger partial charge is 0.512 e. The van der Waals surface area contributed by atoms with Crippen LogP contribution in [0, 0.1) is 0 Å². The molecule has 0 fully saturated rings. The summed E-state index contributed by atoms with van der Waals surface area (Å²) in [5.41, 5.74) is 2.42. The minimum Gasteiger partial charge on any atom is -0.512 e. The van der Waals surface area contributed by atoms with Crippen molar-refractivity contribution < 1.29 is 9.90 Å².